The van der Waals surface area contributed by atoms with E-state index in [0.717, 1.165) is 10.7 Å². The average molecular weight is 429 g/mol. The second-order valence-electron chi connectivity index (χ2n) is 6.15. The van der Waals surface area contributed by atoms with Crippen LogP contribution in [0.15, 0.2) is 17.2 Å². The molecule has 0 saturated carbocycles. The van der Waals surface area contributed by atoms with Gasteiger partial charge in [-0.2, -0.15) is 32.1 Å². The number of nitrogens with zero attached hydrogens (tertiary/aromatic N) is 4. The van der Waals surface area contributed by atoms with Crippen molar-refractivity contribution in [3.63, 3.8) is 0 Å². The quantitative estimate of drug-likeness (QED) is 0.652. The van der Waals surface area contributed by atoms with E-state index in [-0.39, 0.29) is 29.2 Å². The fraction of sp³-hybridized carbons (Fsp3) is 0.600. The summed E-state index contributed by atoms with van der Waals surface area (Å²) in [5.41, 5.74) is -1.30. The summed E-state index contributed by atoms with van der Waals surface area (Å²) < 4.78 is 92.5. The number of hydrogen-bond donors (Lipinski definition) is 1. The number of rotatable bonds is 8. The van der Waals surface area contributed by atoms with Crippen LogP contribution >= 0.6 is 0 Å². The summed E-state index contributed by atoms with van der Waals surface area (Å²) in [6, 6.07) is 0.378. The Morgan fingerprint density at radius 3 is 2.32 bits per heavy atom. The normalized spacial score (nSPS) is 14.0. The lowest BCUT2D eigenvalue weighted by Gasteiger charge is -2.16. The standard InChI is InChI=1S/C15H20F5N5O2S/c1-4-11(24-8-6-12(23-24)15(18,19)20)5-7-21-28(26,27)13-9(2)22-25(10(13)3)14(16)17/h6,8,11,14,21H,4-5,7H2,1-3H3/t11-/m0/s1. The van der Waals surface area contributed by atoms with Gasteiger partial charge in [-0.05, 0) is 32.8 Å². The molecule has 158 valence electrons. The fourth-order valence-electron chi connectivity index (χ4n) is 2.87. The molecule has 0 unspecified atom stereocenters. The van der Waals surface area contributed by atoms with Gasteiger partial charge in [0.1, 0.15) is 4.90 Å². The minimum Gasteiger partial charge on any atom is -0.269 e. The molecule has 0 saturated heterocycles. The number of hydrogen-bond acceptors (Lipinski definition) is 4. The first kappa shape index (κ1) is 22.3. The largest absolute Gasteiger partial charge is 0.435 e. The third-order valence-corrected chi connectivity index (χ3v) is 5.94. The highest BCUT2D eigenvalue weighted by Crippen LogP contribution is 2.29. The van der Waals surface area contributed by atoms with Crippen LogP contribution in [0.4, 0.5) is 22.0 Å². The van der Waals surface area contributed by atoms with E-state index < -0.39 is 34.5 Å². The molecule has 2 aromatic rings. The Bertz CT molecular complexity index is 920. The monoisotopic (exact) mass is 429 g/mol. The maximum absolute atomic E-state index is 12.9. The van der Waals surface area contributed by atoms with Crippen LogP contribution < -0.4 is 4.72 Å². The predicted molar refractivity (Wildman–Crippen MR) is 89.3 cm³/mol. The van der Waals surface area contributed by atoms with Crippen molar-refractivity contribution in [2.24, 2.45) is 0 Å². The zero-order chi connectivity index (χ0) is 21.3. The summed E-state index contributed by atoms with van der Waals surface area (Å²) in [6.07, 6.45) is -2.80. The summed E-state index contributed by atoms with van der Waals surface area (Å²) in [6.45, 7) is 1.17. The number of halogens is 5. The van der Waals surface area contributed by atoms with Gasteiger partial charge in [0, 0.05) is 12.7 Å². The van der Waals surface area contributed by atoms with Gasteiger partial charge in [0.25, 0.3) is 0 Å². The molecule has 0 aliphatic rings. The smallest absolute Gasteiger partial charge is 0.269 e. The molecule has 7 nitrogen and oxygen atoms in total. The lowest BCUT2D eigenvalue weighted by atomic mass is 10.1. The molecular weight excluding hydrogens is 409 g/mol. The zero-order valence-electron chi connectivity index (χ0n) is 15.3. The van der Waals surface area contributed by atoms with Crippen LogP contribution in [0.5, 0.6) is 0 Å². The molecule has 0 radical (unpaired) electrons. The van der Waals surface area contributed by atoms with Crippen molar-refractivity contribution < 1.29 is 30.4 Å². The second kappa shape index (κ2) is 8.15. The van der Waals surface area contributed by atoms with E-state index >= 15 is 0 Å². The van der Waals surface area contributed by atoms with Crippen molar-refractivity contribution in [2.75, 3.05) is 6.54 Å². The molecule has 0 bridgehead atoms. The molecule has 0 amide bonds. The summed E-state index contributed by atoms with van der Waals surface area (Å²) >= 11 is 0. The Hall–Kier alpha value is -2.02. The Balaban J connectivity index is 2.10. The Kier molecular flexibility index (Phi) is 6.48. The Morgan fingerprint density at radius 2 is 1.86 bits per heavy atom. The van der Waals surface area contributed by atoms with Crippen LogP contribution in [0.3, 0.4) is 0 Å². The van der Waals surface area contributed by atoms with Gasteiger partial charge in [-0.1, -0.05) is 6.92 Å². The van der Waals surface area contributed by atoms with Crippen LogP contribution in [0, 0.1) is 13.8 Å². The van der Waals surface area contributed by atoms with Crippen molar-refractivity contribution in [1.29, 1.82) is 0 Å². The summed E-state index contributed by atoms with van der Waals surface area (Å²) in [5, 5.41) is 7.03. The molecular formula is C15H20F5N5O2S. The van der Waals surface area contributed by atoms with Gasteiger partial charge in [-0.15, -0.1) is 0 Å². The van der Waals surface area contributed by atoms with Crippen LogP contribution in [-0.4, -0.2) is 34.5 Å². The molecule has 2 rings (SSSR count). The molecule has 13 heteroatoms. The van der Waals surface area contributed by atoms with Crippen molar-refractivity contribution in [2.45, 2.75) is 57.3 Å². The summed E-state index contributed by atoms with van der Waals surface area (Å²) in [4.78, 5) is -0.334. The van der Waals surface area contributed by atoms with Crippen LogP contribution in [0.25, 0.3) is 0 Å². The van der Waals surface area contributed by atoms with Gasteiger partial charge < -0.3 is 0 Å². The van der Waals surface area contributed by atoms with Crippen LogP contribution in [0.1, 0.15) is 49.4 Å². The highest BCUT2D eigenvalue weighted by molar-refractivity contribution is 7.89. The van der Waals surface area contributed by atoms with E-state index in [0.29, 0.717) is 11.1 Å². The fourth-order valence-corrected chi connectivity index (χ4v) is 4.32. The van der Waals surface area contributed by atoms with Gasteiger partial charge in [0.15, 0.2) is 5.69 Å². The number of alkyl halides is 5. The zero-order valence-corrected chi connectivity index (χ0v) is 16.2. The first-order valence-corrected chi connectivity index (χ1v) is 9.82. The Morgan fingerprint density at radius 1 is 1.21 bits per heavy atom. The number of aryl methyl sites for hydroxylation is 1. The molecule has 2 aromatic heterocycles. The lowest BCUT2D eigenvalue weighted by molar-refractivity contribution is -0.141. The number of nitrogens with one attached hydrogen (secondary N) is 1. The van der Waals surface area contributed by atoms with Crippen molar-refractivity contribution in [1.82, 2.24) is 24.3 Å². The molecule has 0 spiro atoms. The van der Waals surface area contributed by atoms with Gasteiger partial charge in [0.2, 0.25) is 10.0 Å². The van der Waals surface area contributed by atoms with E-state index in [1.807, 2.05) is 0 Å². The number of sulfonamides is 1. The van der Waals surface area contributed by atoms with Crippen LogP contribution in [0.2, 0.25) is 0 Å². The van der Waals surface area contributed by atoms with Gasteiger partial charge in [-0.3, -0.25) is 4.68 Å². The molecule has 0 aromatic carbocycles. The van der Waals surface area contributed by atoms with E-state index in [4.69, 9.17) is 0 Å². The molecule has 0 aliphatic heterocycles. The Labute approximate surface area is 158 Å². The van der Waals surface area contributed by atoms with E-state index in [9.17, 15) is 30.4 Å². The topological polar surface area (TPSA) is 81.8 Å². The van der Waals surface area contributed by atoms with Gasteiger partial charge >= 0.3 is 12.7 Å². The summed E-state index contributed by atoms with van der Waals surface area (Å²) in [5.74, 6) is 0. The molecule has 2 heterocycles. The third-order valence-electron chi connectivity index (χ3n) is 4.23. The lowest BCUT2D eigenvalue weighted by Crippen LogP contribution is -2.28. The van der Waals surface area contributed by atoms with Gasteiger partial charge in [0.05, 0.1) is 17.4 Å². The van der Waals surface area contributed by atoms with E-state index in [2.05, 4.69) is 14.9 Å². The first-order valence-electron chi connectivity index (χ1n) is 8.34. The molecule has 0 aliphatic carbocycles. The van der Waals surface area contributed by atoms with Crippen molar-refractivity contribution in [3.8, 4) is 0 Å². The second-order valence-corrected chi connectivity index (χ2v) is 7.85. The van der Waals surface area contributed by atoms with Crippen molar-refractivity contribution in [3.05, 3.63) is 29.3 Å². The van der Waals surface area contributed by atoms with E-state index in [1.165, 1.54) is 20.0 Å². The highest BCUT2D eigenvalue weighted by Gasteiger charge is 2.34. The number of aromatic nitrogens is 4. The van der Waals surface area contributed by atoms with Gasteiger partial charge in [-0.25, -0.2) is 17.8 Å². The highest BCUT2D eigenvalue weighted by atomic mass is 32.2. The third kappa shape index (κ3) is 4.69. The maximum Gasteiger partial charge on any atom is 0.435 e. The average Bonchev–Trinajstić information content (AvgIpc) is 3.16. The van der Waals surface area contributed by atoms with E-state index in [1.54, 1.807) is 6.92 Å². The SMILES string of the molecule is CC[C@@H](CCNS(=O)(=O)c1c(C)nn(C(F)F)c1C)n1ccc(C(F)(F)F)n1. The first-order chi connectivity index (χ1) is 12.9. The van der Waals surface area contributed by atoms with Crippen LogP contribution in [-0.2, 0) is 16.2 Å². The summed E-state index contributed by atoms with van der Waals surface area (Å²) in [7, 11) is -4.11. The molecule has 1 atom stereocenters. The molecule has 1 N–H and O–H groups in total. The molecule has 0 fully saturated rings. The maximum atomic E-state index is 12.9. The predicted octanol–water partition coefficient (Wildman–Crippen LogP) is 3.43. The minimum absolute atomic E-state index is 0.0702. The minimum atomic E-state index is -4.56. The van der Waals surface area contributed by atoms with Crippen molar-refractivity contribution >= 4 is 10.0 Å². The molecule has 28 heavy (non-hydrogen) atoms.